The summed E-state index contributed by atoms with van der Waals surface area (Å²) in [5.74, 6) is 2.19. The van der Waals surface area contributed by atoms with Crippen molar-refractivity contribution in [1.82, 2.24) is 10.2 Å². The van der Waals surface area contributed by atoms with Gasteiger partial charge in [-0.1, -0.05) is 54.6 Å². The van der Waals surface area contributed by atoms with Crippen molar-refractivity contribution in [1.29, 1.82) is 5.26 Å². The summed E-state index contributed by atoms with van der Waals surface area (Å²) in [7, 11) is 3.28. The number of aliphatic hydroxyl groups is 1. The highest BCUT2D eigenvalue weighted by atomic mass is 32.2. The van der Waals surface area contributed by atoms with Gasteiger partial charge in [0.05, 0.1) is 38.4 Å². The smallest absolute Gasteiger partial charge is 0.176 e. The lowest BCUT2D eigenvalue weighted by atomic mass is 9.80. The molecule has 1 unspecified atom stereocenters. The van der Waals surface area contributed by atoms with Crippen LogP contribution in [-0.4, -0.2) is 65.5 Å². The summed E-state index contributed by atoms with van der Waals surface area (Å²) in [4.78, 5) is 1.87. The molecule has 2 aliphatic heterocycles. The van der Waals surface area contributed by atoms with Crippen molar-refractivity contribution in [3.05, 3.63) is 107 Å². The number of hydrogen-bond acceptors (Lipinski definition) is 8. The predicted molar refractivity (Wildman–Crippen MR) is 175 cm³/mol. The highest BCUT2D eigenvalue weighted by molar-refractivity contribution is 8.00. The van der Waals surface area contributed by atoms with E-state index in [-0.39, 0.29) is 12.0 Å². The third-order valence-corrected chi connectivity index (χ3v) is 9.49. The molecule has 2 aliphatic rings. The fourth-order valence-corrected chi connectivity index (χ4v) is 6.90. The maximum atomic E-state index is 11.2. The Bertz CT molecular complexity index is 1430. The lowest BCUT2D eigenvalue weighted by molar-refractivity contribution is -0.0954. The van der Waals surface area contributed by atoms with E-state index in [2.05, 4.69) is 11.4 Å². The van der Waals surface area contributed by atoms with Crippen LogP contribution in [0.25, 0.3) is 0 Å². The highest BCUT2D eigenvalue weighted by Crippen LogP contribution is 2.42. The summed E-state index contributed by atoms with van der Waals surface area (Å²) in [6.07, 6.45) is 1.01. The van der Waals surface area contributed by atoms with Crippen LogP contribution in [0.1, 0.15) is 36.5 Å². The number of nitrogens with zero attached hydrogens (tertiary/aromatic N) is 2. The van der Waals surface area contributed by atoms with Crippen LogP contribution in [0.3, 0.4) is 0 Å². The largest absolute Gasteiger partial charge is 0.497 e. The second kappa shape index (κ2) is 14.5. The third kappa shape index (κ3) is 6.72. The number of benzene rings is 3. The Morgan fingerprint density at radius 2 is 1.59 bits per heavy atom. The molecule has 0 amide bonds. The Morgan fingerprint density at radius 3 is 2.16 bits per heavy atom. The van der Waals surface area contributed by atoms with E-state index in [0.717, 1.165) is 33.8 Å². The van der Waals surface area contributed by atoms with E-state index in [1.54, 1.807) is 26.0 Å². The molecule has 0 saturated carbocycles. The lowest BCUT2D eigenvalue weighted by Crippen LogP contribution is -2.50. The van der Waals surface area contributed by atoms with Crippen molar-refractivity contribution in [3.63, 3.8) is 0 Å². The van der Waals surface area contributed by atoms with Crippen LogP contribution in [0.15, 0.2) is 90.6 Å². The van der Waals surface area contributed by atoms with Crippen molar-refractivity contribution >= 4 is 29.1 Å². The molecule has 2 heterocycles. The van der Waals surface area contributed by atoms with Gasteiger partial charge in [-0.2, -0.15) is 5.26 Å². The number of methoxy groups -OCH3 is 2. The second-order valence-electron chi connectivity index (χ2n) is 10.6. The van der Waals surface area contributed by atoms with Gasteiger partial charge in [0.25, 0.3) is 0 Å². The first-order chi connectivity index (χ1) is 21.4. The first-order valence-corrected chi connectivity index (χ1v) is 15.9. The van der Waals surface area contributed by atoms with Gasteiger partial charge in [-0.05, 0) is 65.7 Å². The Hall–Kier alpha value is -3.59. The number of ether oxygens (including phenoxy) is 4. The van der Waals surface area contributed by atoms with Crippen LogP contribution < -0.4 is 14.8 Å². The summed E-state index contributed by atoms with van der Waals surface area (Å²) in [5.41, 5.74) is 2.78. The molecule has 1 fully saturated rings. The number of hydrogen-bond donors (Lipinski definition) is 2. The van der Waals surface area contributed by atoms with Crippen LogP contribution in [-0.2, 0) is 15.1 Å². The van der Waals surface area contributed by atoms with Gasteiger partial charge in [-0.25, -0.2) is 0 Å². The molecule has 0 aromatic heterocycles. The van der Waals surface area contributed by atoms with Gasteiger partial charge >= 0.3 is 0 Å². The molecule has 1 saturated heterocycles. The summed E-state index contributed by atoms with van der Waals surface area (Å²) in [6, 6.07) is 27.9. The van der Waals surface area contributed by atoms with Gasteiger partial charge in [0.1, 0.15) is 29.4 Å². The second-order valence-corrected chi connectivity index (χ2v) is 12.2. The Morgan fingerprint density at radius 1 is 1.00 bits per heavy atom. The van der Waals surface area contributed by atoms with Crippen LogP contribution in [0, 0.1) is 11.3 Å². The van der Waals surface area contributed by atoms with Crippen LogP contribution in [0.2, 0.25) is 0 Å². The molecule has 2 N–H and O–H groups in total. The minimum absolute atomic E-state index is 0.00182. The average molecular weight is 632 g/mol. The standard InChI is InChI=1S/C34H37N3O5S2/c1-23-21-37(33(43)36-32(23)44-19-7-18-35)31-20-29(38)30(42-31)22-41-34(24-8-5-4-6-9-24,25-10-14-27(39-2)15-11-25)26-12-16-28(40-3)17-13-26/h4-6,8-17,21,29-32,38H,7,19-20,22H2,1-3H3,(H,36,43)/t29-,30+,31+,32?/m0/s1. The molecule has 8 nitrogen and oxygen atoms in total. The zero-order valence-electron chi connectivity index (χ0n) is 25.0. The molecule has 4 atom stereocenters. The van der Waals surface area contributed by atoms with Crippen LogP contribution in [0.5, 0.6) is 11.5 Å². The summed E-state index contributed by atoms with van der Waals surface area (Å²) in [6.45, 7) is 2.14. The first kappa shape index (κ1) is 31.8. The molecule has 5 rings (SSSR count). The normalized spacial score (nSPS) is 21.8. The minimum Gasteiger partial charge on any atom is -0.497 e. The average Bonchev–Trinajstić information content (AvgIpc) is 3.43. The van der Waals surface area contributed by atoms with Crippen molar-refractivity contribution in [2.75, 3.05) is 26.6 Å². The molecular weight excluding hydrogens is 595 g/mol. The molecule has 230 valence electrons. The van der Waals surface area contributed by atoms with Crippen LogP contribution in [0.4, 0.5) is 0 Å². The van der Waals surface area contributed by atoms with Crippen molar-refractivity contribution in [3.8, 4) is 17.6 Å². The topological polar surface area (TPSA) is 96.2 Å². The van der Waals surface area contributed by atoms with E-state index in [4.69, 9.17) is 36.4 Å². The lowest BCUT2D eigenvalue weighted by Gasteiger charge is -2.37. The molecular formula is C34H37N3O5S2. The van der Waals surface area contributed by atoms with Gasteiger partial charge in [0.2, 0.25) is 0 Å². The number of rotatable bonds is 12. The van der Waals surface area contributed by atoms with E-state index in [9.17, 15) is 5.11 Å². The minimum atomic E-state index is -1.02. The molecule has 44 heavy (non-hydrogen) atoms. The van der Waals surface area contributed by atoms with Gasteiger partial charge in [0, 0.05) is 24.8 Å². The van der Waals surface area contributed by atoms with Gasteiger partial charge in [-0.15, -0.1) is 11.8 Å². The van der Waals surface area contributed by atoms with Crippen molar-refractivity contribution in [2.24, 2.45) is 0 Å². The molecule has 0 spiro atoms. The van der Waals surface area contributed by atoms with E-state index >= 15 is 0 Å². The number of thioether (sulfide) groups is 1. The number of thiocarbonyl (C=S) groups is 1. The zero-order valence-corrected chi connectivity index (χ0v) is 26.6. The molecule has 0 radical (unpaired) electrons. The van der Waals surface area contributed by atoms with Gasteiger partial charge < -0.3 is 29.4 Å². The summed E-state index contributed by atoms with van der Waals surface area (Å²) in [5, 5.41) is 24.0. The SMILES string of the molecule is COc1ccc(C(OC[C@H]2O[C@@H](N3C=C(C)C(SCCC#N)NC3=S)C[C@@H]2O)(c2ccccc2)c2ccc(OC)cc2)cc1. The monoisotopic (exact) mass is 631 g/mol. The van der Waals surface area contributed by atoms with E-state index in [1.807, 2.05) is 96.9 Å². The van der Waals surface area contributed by atoms with Crippen molar-refractivity contribution < 1.29 is 24.1 Å². The maximum absolute atomic E-state index is 11.2. The molecule has 0 aliphatic carbocycles. The van der Waals surface area contributed by atoms with Gasteiger partial charge in [-0.3, -0.25) is 4.90 Å². The number of nitrogens with one attached hydrogen (secondary N) is 1. The van der Waals surface area contributed by atoms with E-state index in [1.165, 1.54) is 0 Å². The predicted octanol–water partition coefficient (Wildman–Crippen LogP) is 5.56. The zero-order chi connectivity index (χ0) is 31.1. The molecule has 3 aromatic rings. The Balaban J connectivity index is 1.43. The molecule has 10 heteroatoms. The first-order valence-electron chi connectivity index (χ1n) is 14.5. The molecule has 0 bridgehead atoms. The number of nitriles is 1. The third-order valence-electron chi connectivity index (χ3n) is 7.90. The van der Waals surface area contributed by atoms with E-state index < -0.39 is 24.0 Å². The maximum Gasteiger partial charge on any atom is 0.176 e. The van der Waals surface area contributed by atoms with E-state index in [0.29, 0.717) is 23.7 Å². The fraction of sp³-hybridized carbons (Fsp3) is 0.353. The number of aliphatic hydroxyl groups excluding tert-OH is 1. The summed E-state index contributed by atoms with van der Waals surface area (Å²) < 4.78 is 24.3. The van der Waals surface area contributed by atoms with Crippen molar-refractivity contribution in [2.45, 2.75) is 49.2 Å². The summed E-state index contributed by atoms with van der Waals surface area (Å²) >= 11 is 7.33. The molecule has 3 aromatic carbocycles. The van der Waals surface area contributed by atoms with Gasteiger partial charge in [0.15, 0.2) is 5.11 Å². The van der Waals surface area contributed by atoms with Crippen LogP contribution >= 0.6 is 24.0 Å². The quantitative estimate of drug-likeness (QED) is 0.150. The Kier molecular flexibility index (Phi) is 10.5. The fourth-order valence-electron chi connectivity index (χ4n) is 5.57. The highest BCUT2D eigenvalue weighted by Gasteiger charge is 2.43. The Labute approximate surface area is 268 Å².